The first kappa shape index (κ1) is 21.1. The fourth-order valence-electron chi connectivity index (χ4n) is 4.02. The lowest BCUT2D eigenvalue weighted by atomic mass is 9.99. The summed E-state index contributed by atoms with van der Waals surface area (Å²) in [6.07, 6.45) is 0. The number of hydrogen-bond donors (Lipinski definition) is 0. The SMILES string of the molecule is CC(C)c1c(C(C)C)n(Cc2ccccc2C#N)c(=O)n1Cc1ccccc1C#N. The lowest BCUT2D eigenvalue weighted by Gasteiger charge is -2.16. The number of benzene rings is 2. The number of nitrogens with zero attached hydrogens (tertiary/aromatic N) is 4. The third-order valence-corrected chi connectivity index (χ3v) is 5.33. The molecule has 152 valence electrons. The van der Waals surface area contributed by atoms with Gasteiger partial charge in [-0.15, -0.1) is 0 Å². The highest BCUT2D eigenvalue weighted by atomic mass is 16.1. The van der Waals surface area contributed by atoms with Gasteiger partial charge in [0.25, 0.3) is 0 Å². The molecule has 5 heteroatoms. The molecule has 0 aliphatic heterocycles. The Morgan fingerprint density at radius 2 is 1.10 bits per heavy atom. The summed E-state index contributed by atoms with van der Waals surface area (Å²) >= 11 is 0. The second-order valence-electron chi connectivity index (χ2n) is 8.07. The molecule has 3 aromatic rings. The van der Waals surface area contributed by atoms with Crippen molar-refractivity contribution in [3.05, 3.63) is 92.7 Å². The second-order valence-corrected chi connectivity index (χ2v) is 8.07. The maximum Gasteiger partial charge on any atom is 0.329 e. The molecule has 2 aromatic carbocycles. The molecule has 0 bridgehead atoms. The van der Waals surface area contributed by atoms with E-state index in [9.17, 15) is 15.3 Å². The maximum atomic E-state index is 13.6. The van der Waals surface area contributed by atoms with Crippen LogP contribution in [0.15, 0.2) is 53.3 Å². The summed E-state index contributed by atoms with van der Waals surface area (Å²) in [7, 11) is 0. The average molecular weight is 399 g/mol. The fourth-order valence-corrected chi connectivity index (χ4v) is 4.02. The molecule has 0 atom stereocenters. The van der Waals surface area contributed by atoms with Crippen molar-refractivity contribution in [1.82, 2.24) is 9.13 Å². The van der Waals surface area contributed by atoms with Crippen molar-refractivity contribution in [2.24, 2.45) is 0 Å². The van der Waals surface area contributed by atoms with Gasteiger partial charge in [0.1, 0.15) is 0 Å². The van der Waals surface area contributed by atoms with Gasteiger partial charge in [-0.1, -0.05) is 64.1 Å². The van der Waals surface area contributed by atoms with Crippen molar-refractivity contribution in [2.45, 2.75) is 52.6 Å². The summed E-state index contributed by atoms with van der Waals surface area (Å²) in [5, 5.41) is 18.9. The van der Waals surface area contributed by atoms with Crippen molar-refractivity contribution < 1.29 is 0 Å². The van der Waals surface area contributed by atoms with Crippen molar-refractivity contribution in [1.29, 1.82) is 10.5 Å². The van der Waals surface area contributed by atoms with Gasteiger partial charge < -0.3 is 0 Å². The quantitative estimate of drug-likeness (QED) is 0.602. The van der Waals surface area contributed by atoms with Crippen LogP contribution in [0.5, 0.6) is 0 Å². The molecule has 5 nitrogen and oxygen atoms in total. The van der Waals surface area contributed by atoms with Crippen molar-refractivity contribution in [2.75, 3.05) is 0 Å². The molecule has 0 aliphatic carbocycles. The normalized spacial score (nSPS) is 10.9. The largest absolute Gasteiger partial charge is 0.329 e. The van der Waals surface area contributed by atoms with Crippen LogP contribution in [0.4, 0.5) is 0 Å². The molecule has 3 rings (SSSR count). The first-order valence-electron chi connectivity index (χ1n) is 10.2. The Kier molecular flexibility index (Phi) is 6.23. The standard InChI is InChI=1S/C25H26N4O/c1-17(2)23-24(18(3)4)29(16-22-12-8-6-10-20(22)14-27)25(30)28(23)15-21-11-7-5-9-19(21)13-26/h5-12,17-18H,15-16H2,1-4H3. The predicted molar refractivity (Wildman–Crippen MR) is 117 cm³/mol. The molecule has 0 radical (unpaired) electrons. The lowest BCUT2D eigenvalue weighted by Crippen LogP contribution is -2.27. The highest BCUT2D eigenvalue weighted by Gasteiger charge is 2.25. The summed E-state index contributed by atoms with van der Waals surface area (Å²) in [5.74, 6) is 0.272. The number of rotatable bonds is 6. The van der Waals surface area contributed by atoms with Crippen LogP contribution in [0.2, 0.25) is 0 Å². The van der Waals surface area contributed by atoms with E-state index in [4.69, 9.17) is 0 Å². The van der Waals surface area contributed by atoms with E-state index >= 15 is 0 Å². The van der Waals surface area contributed by atoms with Gasteiger partial charge in [-0.05, 0) is 35.1 Å². The highest BCUT2D eigenvalue weighted by molar-refractivity contribution is 5.39. The molecular formula is C25H26N4O. The Morgan fingerprint density at radius 3 is 1.43 bits per heavy atom. The van der Waals surface area contributed by atoms with Crippen LogP contribution in [0, 0.1) is 22.7 Å². The molecule has 0 amide bonds. The third kappa shape index (κ3) is 3.93. The summed E-state index contributed by atoms with van der Waals surface area (Å²) < 4.78 is 3.59. The fraction of sp³-hybridized carbons (Fsp3) is 0.320. The summed E-state index contributed by atoms with van der Waals surface area (Å²) in [4.78, 5) is 13.6. The van der Waals surface area contributed by atoms with E-state index in [0.717, 1.165) is 22.5 Å². The van der Waals surface area contributed by atoms with Gasteiger partial charge in [0.15, 0.2) is 0 Å². The molecule has 0 saturated heterocycles. The van der Waals surface area contributed by atoms with E-state index in [1.54, 1.807) is 21.3 Å². The summed E-state index contributed by atoms with van der Waals surface area (Å²) in [6.45, 7) is 9.04. The Bertz CT molecular complexity index is 1110. The van der Waals surface area contributed by atoms with Crippen molar-refractivity contribution >= 4 is 0 Å². The molecule has 0 unspecified atom stereocenters. The molecule has 0 aliphatic rings. The van der Waals surface area contributed by atoms with E-state index in [1.165, 1.54) is 0 Å². The minimum Gasteiger partial charge on any atom is -0.291 e. The van der Waals surface area contributed by atoms with E-state index < -0.39 is 0 Å². The van der Waals surface area contributed by atoms with Gasteiger partial charge >= 0.3 is 5.69 Å². The van der Waals surface area contributed by atoms with Crippen LogP contribution < -0.4 is 5.69 Å². The Balaban J connectivity index is 2.21. The zero-order chi connectivity index (χ0) is 21.8. The summed E-state index contributed by atoms with van der Waals surface area (Å²) in [6, 6.07) is 19.2. The number of imidazole rings is 1. The van der Waals surface area contributed by atoms with Crippen LogP contribution in [0.25, 0.3) is 0 Å². The van der Waals surface area contributed by atoms with Crippen LogP contribution in [-0.2, 0) is 13.1 Å². The second kappa shape index (κ2) is 8.84. The molecule has 0 N–H and O–H groups in total. The molecule has 1 heterocycles. The molecule has 0 fully saturated rings. The minimum atomic E-state index is -0.108. The Hall–Kier alpha value is -3.57. The van der Waals surface area contributed by atoms with Gasteiger partial charge in [0.05, 0.1) is 36.4 Å². The third-order valence-electron chi connectivity index (χ3n) is 5.33. The monoisotopic (exact) mass is 398 g/mol. The van der Waals surface area contributed by atoms with Gasteiger partial charge in [0.2, 0.25) is 0 Å². The minimum absolute atomic E-state index is 0.108. The Labute approximate surface area is 177 Å². The zero-order valence-corrected chi connectivity index (χ0v) is 17.9. The van der Waals surface area contributed by atoms with Crippen LogP contribution in [0.1, 0.15) is 73.2 Å². The van der Waals surface area contributed by atoms with Gasteiger partial charge in [-0.3, -0.25) is 9.13 Å². The molecule has 1 aromatic heterocycles. The van der Waals surface area contributed by atoms with E-state index in [0.29, 0.717) is 24.2 Å². The molecule has 0 saturated carbocycles. The van der Waals surface area contributed by atoms with E-state index in [-0.39, 0.29) is 17.5 Å². The zero-order valence-electron chi connectivity index (χ0n) is 17.9. The topological polar surface area (TPSA) is 74.5 Å². The highest BCUT2D eigenvalue weighted by Crippen LogP contribution is 2.27. The average Bonchev–Trinajstić information content (AvgIpc) is 3.01. The molecule has 0 spiro atoms. The van der Waals surface area contributed by atoms with Gasteiger partial charge in [-0.25, -0.2) is 4.79 Å². The number of nitriles is 2. The molecular weight excluding hydrogens is 372 g/mol. The van der Waals surface area contributed by atoms with E-state index in [2.05, 4.69) is 39.8 Å². The van der Waals surface area contributed by atoms with Crippen LogP contribution in [0.3, 0.4) is 0 Å². The number of aromatic nitrogens is 2. The van der Waals surface area contributed by atoms with Gasteiger partial charge in [-0.2, -0.15) is 10.5 Å². The van der Waals surface area contributed by atoms with Crippen LogP contribution >= 0.6 is 0 Å². The van der Waals surface area contributed by atoms with Crippen molar-refractivity contribution in [3.63, 3.8) is 0 Å². The van der Waals surface area contributed by atoms with E-state index in [1.807, 2.05) is 36.4 Å². The predicted octanol–water partition coefficient (Wildman–Crippen LogP) is 4.74. The first-order valence-corrected chi connectivity index (χ1v) is 10.2. The van der Waals surface area contributed by atoms with Gasteiger partial charge in [0, 0.05) is 11.4 Å². The van der Waals surface area contributed by atoms with Crippen LogP contribution in [-0.4, -0.2) is 9.13 Å². The Morgan fingerprint density at radius 1 is 0.733 bits per heavy atom. The smallest absolute Gasteiger partial charge is 0.291 e. The van der Waals surface area contributed by atoms with Crippen molar-refractivity contribution in [3.8, 4) is 12.1 Å². The number of hydrogen-bond acceptors (Lipinski definition) is 3. The lowest BCUT2D eigenvalue weighted by molar-refractivity contribution is 0.645. The summed E-state index contributed by atoms with van der Waals surface area (Å²) in [5.41, 5.74) is 4.67. The first-order chi connectivity index (χ1) is 14.4. The molecule has 30 heavy (non-hydrogen) atoms. The maximum absolute atomic E-state index is 13.6.